The molecule has 1 aliphatic rings. The Labute approximate surface area is 172 Å². The van der Waals surface area contributed by atoms with E-state index >= 15 is 0 Å². The molecule has 2 heterocycles. The zero-order chi connectivity index (χ0) is 20.6. The Morgan fingerprint density at radius 1 is 1.10 bits per heavy atom. The van der Waals surface area contributed by atoms with Crippen LogP contribution < -0.4 is 4.74 Å². The molecule has 0 radical (unpaired) electrons. The summed E-state index contributed by atoms with van der Waals surface area (Å²) >= 11 is 1.33. The van der Waals surface area contributed by atoms with E-state index in [1.165, 1.54) is 30.6 Å². The van der Waals surface area contributed by atoms with Crippen LogP contribution in [-0.2, 0) is 9.84 Å². The second-order valence-electron chi connectivity index (χ2n) is 7.00. The van der Waals surface area contributed by atoms with Gasteiger partial charge in [0, 0.05) is 17.8 Å². The van der Waals surface area contributed by atoms with Crippen molar-refractivity contribution in [1.29, 1.82) is 0 Å². The minimum atomic E-state index is -3.46. The van der Waals surface area contributed by atoms with Crippen molar-refractivity contribution >= 4 is 37.2 Å². The summed E-state index contributed by atoms with van der Waals surface area (Å²) in [5.74, 6) is 0.137. The third kappa shape index (κ3) is 3.86. The highest BCUT2D eigenvalue weighted by molar-refractivity contribution is 7.92. The Balaban J connectivity index is 1.45. The first-order valence-electron chi connectivity index (χ1n) is 9.25. The number of rotatable bonds is 4. The molecule has 2 aromatic carbocycles. The molecule has 0 spiro atoms. The van der Waals surface area contributed by atoms with Crippen LogP contribution >= 0.6 is 11.3 Å². The van der Waals surface area contributed by atoms with Crippen LogP contribution in [-0.4, -0.2) is 44.7 Å². The Morgan fingerprint density at radius 2 is 1.79 bits per heavy atom. The third-order valence-electron chi connectivity index (χ3n) is 5.25. The summed E-state index contributed by atoms with van der Waals surface area (Å²) in [5.41, 5.74) is 0. The first-order chi connectivity index (χ1) is 13.9. The number of piperidine rings is 1. The fourth-order valence-electron chi connectivity index (χ4n) is 3.60. The van der Waals surface area contributed by atoms with E-state index in [1.54, 1.807) is 41.3 Å². The summed E-state index contributed by atoms with van der Waals surface area (Å²) < 4.78 is 45.1. The molecule has 1 amide bonds. The van der Waals surface area contributed by atoms with Gasteiger partial charge in [0.2, 0.25) is 0 Å². The molecule has 3 aromatic rings. The normalized spacial score (nSPS) is 15.6. The number of carbonyl (C=O) groups excluding carboxylic acids is 1. The van der Waals surface area contributed by atoms with Gasteiger partial charge < -0.3 is 9.64 Å². The number of fused-ring (bicyclic) bond motifs is 1. The van der Waals surface area contributed by atoms with Crippen LogP contribution in [0.25, 0.3) is 10.1 Å². The zero-order valence-corrected chi connectivity index (χ0v) is 17.4. The number of nitrogens with zero attached hydrogens (tertiary/aromatic N) is 1. The van der Waals surface area contributed by atoms with Gasteiger partial charge in [0.25, 0.3) is 5.91 Å². The van der Waals surface area contributed by atoms with Crippen molar-refractivity contribution < 1.29 is 22.3 Å². The maximum atomic E-state index is 13.4. The smallest absolute Gasteiger partial charge is 0.263 e. The van der Waals surface area contributed by atoms with Crippen LogP contribution in [0.4, 0.5) is 4.39 Å². The molecule has 1 saturated heterocycles. The van der Waals surface area contributed by atoms with Crippen molar-refractivity contribution in [2.24, 2.45) is 0 Å². The summed E-state index contributed by atoms with van der Waals surface area (Å²) in [6.07, 6.45) is 0.777. The molecule has 8 heteroatoms. The summed E-state index contributed by atoms with van der Waals surface area (Å²) in [5, 5.41) is 0.187. The summed E-state index contributed by atoms with van der Waals surface area (Å²) in [7, 11) is -1.93. The Bertz CT molecular complexity index is 1150. The number of sulfone groups is 1. The van der Waals surface area contributed by atoms with Gasteiger partial charge in [-0.1, -0.05) is 0 Å². The summed E-state index contributed by atoms with van der Waals surface area (Å²) in [4.78, 5) is 15.3. The maximum absolute atomic E-state index is 13.4. The highest BCUT2D eigenvalue weighted by Crippen LogP contribution is 2.30. The second-order valence-corrected chi connectivity index (χ2v) is 10.3. The molecular formula is C21H20FNO4S2. The van der Waals surface area contributed by atoms with Gasteiger partial charge in [-0.15, -0.1) is 11.3 Å². The van der Waals surface area contributed by atoms with Crippen LogP contribution in [0.15, 0.2) is 53.4 Å². The number of carbonyl (C=O) groups is 1. The van der Waals surface area contributed by atoms with E-state index in [0.29, 0.717) is 41.9 Å². The average molecular weight is 434 g/mol. The highest BCUT2D eigenvalue weighted by Gasteiger charge is 2.33. The number of ether oxygens (including phenoxy) is 1. The van der Waals surface area contributed by atoms with E-state index in [9.17, 15) is 17.6 Å². The molecule has 29 heavy (non-hydrogen) atoms. The highest BCUT2D eigenvalue weighted by atomic mass is 32.2. The molecule has 5 nitrogen and oxygen atoms in total. The molecule has 0 bridgehead atoms. The molecule has 0 unspecified atom stereocenters. The van der Waals surface area contributed by atoms with E-state index in [2.05, 4.69) is 0 Å². The van der Waals surface area contributed by atoms with Crippen LogP contribution in [0.3, 0.4) is 0 Å². The first-order valence-corrected chi connectivity index (χ1v) is 11.6. The van der Waals surface area contributed by atoms with E-state index < -0.39 is 15.1 Å². The first kappa shape index (κ1) is 19.8. The summed E-state index contributed by atoms with van der Waals surface area (Å²) in [6, 6.07) is 12.5. The lowest BCUT2D eigenvalue weighted by Gasteiger charge is -2.31. The number of hydrogen-bond acceptors (Lipinski definition) is 5. The SMILES string of the molecule is COc1ccc(S(=O)(=O)C2CCN(C(=O)c3cc4cc(F)ccc4s3)CC2)cc1. The molecule has 1 aliphatic heterocycles. The third-order valence-corrected chi connectivity index (χ3v) is 8.63. The number of methoxy groups -OCH3 is 1. The van der Waals surface area contributed by atoms with Crippen LogP contribution in [0.5, 0.6) is 5.75 Å². The predicted molar refractivity (Wildman–Crippen MR) is 111 cm³/mol. The van der Waals surface area contributed by atoms with Gasteiger partial charge in [0.1, 0.15) is 11.6 Å². The van der Waals surface area contributed by atoms with Crippen molar-refractivity contribution in [2.45, 2.75) is 23.0 Å². The van der Waals surface area contributed by atoms with Gasteiger partial charge >= 0.3 is 0 Å². The van der Waals surface area contributed by atoms with E-state index in [4.69, 9.17) is 4.74 Å². The average Bonchev–Trinajstić information content (AvgIpc) is 3.16. The zero-order valence-electron chi connectivity index (χ0n) is 15.8. The molecule has 1 fully saturated rings. The lowest BCUT2D eigenvalue weighted by Crippen LogP contribution is -2.42. The van der Waals surface area contributed by atoms with E-state index in [0.717, 1.165) is 4.70 Å². The number of hydrogen-bond donors (Lipinski definition) is 0. The minimum absolute atomic E-state index is 0.132. The molecule has 1 aromatic heterocycles. The van der Waals surface area contributed by atoms with Gasteiger partial charge in [-0.05, 0) is 66.8 Å². The van der Waals surface area contributed by atoms with Crippen molar-refractivity contribution in [3.05, 3.63) is 59.2 Å². The molecule has 0 saturated carbocycles. The second kappa shape index (κ2) is 7.76. The number of thiophene rings is 1. The minimum Gasteiger partial charge on any atom is -0.497 e. The topological polar surface area (TPSA) is 63.7 Å². The number of halogens is 1. The van der Waals surface area contributed by atoms with Crippen molar-refractivity contribution in [1.82, 2.24) is 4.90 Å². The fraction of sp³-hybridized carbons (Fsp3) is 0.286. The van der Waals surface area contributed by atoms with E-state index in [-0.39, 0.29) is 16.6 Å². The quantitative estimate of drug-likeness (QED) is 0.621. The molecule has 0 aliphatic carbocycles. The van der Waals surface area contributed by atoms with Gasteiger partial charge in [0.15, 0.2) is 9.84 Å². The Kier molecular flexibility index (Phi) is 5.31. The molecule has 0 N–H and O–H groups in total. The molecular weight excluding hydrogens is 413 g/mol. The Hall–Kier alpha value is -2.45. The maximum Gasteiger partial charge on any atom is 0.263 e. The lowest BCUT2D eigenvalue weighted by atomic mass is 10.1. The Morgan fingerprint density at radius 3 is 2.45 bits per heavy atom. The van der Waals surface area contributed by atoms with Crippen molar-refractivity contribution in [2.75, 3.05) is 20.2 Å². The lowest BCUT2D eigenvalue weighted by molar-refractivity contribution is 0.0730. The monoisotopic (exact) mass is 433 g/mol. The molecule has 0 atom stereocenters. The number of benzene rings is 2. The van der Waals surface area contributed by atoms with Gasteiger partial charge in [0.05, 0.1) is 22.1 Å². The number of amides is 1. The van der Waals surface area contributed by atoms with Gasteiger partial charge in [-0.25, -0.2) is 12.8 Å². The van der Waals surface area contributed by atoms with Crippen molar-refractivity contribution in [3.63, 3.8) is 0 Å². The fourth-order valence-corrected chi connectivity index (χ4v) is 6.35. The number of likely N-dealkylation sites (tertiary alicyclic amines) is 1. The summed E-state index contributed by atoms with van der Waals surface area (Å²) in [6.45, 7) is 0.753. The van der Waals surface area contributed by atoms with Crippen LogP contribution in [0, 0.1) is 5.82 Å². The van der Waals surface area contributed by atoms with Gasteiger partial charge in [-0.2, -0.15) is 0 Å². The van der Waals surface area contributed by atoms with Gasteiger partial charge in [-0.3, -0.25) is 4.79 Å². The van der Waals surface area contributed by atoms with Crippen LogP contribution in [0.1, 0.15) is 22.5 Å². The molecule has 152 valence electrons. The standard InChI is InChI=1S/C21H20FNO4S2/c1-27-16-3-5-17(6-4-16)29(25,26)18-8-10-23(11-9-18)21(24)20-13-14-12-15(22)2-7-19(14)28-20/h2-7,12-13,18H,8-11H2,1H3. The largest absolute Gasteiger partial charge is 0.497 e. The van der Waals surface area contributed by atoms with Crippen molar-refractivity contribution in [3.8, 4) is 5.75 Å². The predicted octanol–water partition coefficient (Wildman–Crippen LogP) is 4.13. The molecule has 4 rings (SSSR count). The van der Waals surface area contributed by atoms with E-state index in [1.807, 2.05) is 0 Å². The van der Waals surface area contributed by atoms with Crippen LogP contribution in [0.2, 0.25) is 0 Å².